The third-order valence-electron chi connectivity index (χ3n) is 6.00. The van der Waals surface area contributed by atoms with E-state index < -0.39 is 6.10 Å². The minimum absolute atomic E-state index is 0.0681. The SMILES string of the molecule is CC.Cc1ccc(C(=O)N2CCN(CCOC(c3ccc(F)cc3)c3ccc(F)cc3)CC2)cc1. The molecule has 1 saturated heterocycles. The van der Waals surface area contributed by atoms with Gasteiger partial charge in [0.2, 0.25) is 0 Å². The van der Waals surface area contributed by atoms with Crippen LogP contribution in [0.3, 0.4) is 0 Å². The zero-order valence-corrected chi connectivity index (χ0v) is 20.7. The number of piperazine rings is 1. The van der Waals surface area contributed by atoms with Gasteiger partial charge in [0, 0.05) is 38.3 Å². The molecule has 1 amide bonds. The Morgan fingerprint density at radius 2 is 1.29 bits per heavy atom. The first-order valence-corrected chi connectivity index (χ1v) is 12.2. The van der Waals surface area contributed by atoms with Gasteiger partial charge in [-0.25, -0.2) is 8.78 Å². The van der Waals surface area contributed by atoms with E-state index in [0.717, 1.165) is 35.3 Å². The maximum Gasteiger partial charge on any atom is 0.253 e. The number of ether oxygens (including phenoxy) is 1. The summed E-state index contributed by atoms with van der Waals surface area (Å²) in [4.78, 5) is 16.9. The van der Waals surface area contributed by atoms with Gasteiger partial charge in [-0.3, -0.25) is 9.69 Å². The molecule has 186 valence electrons. The molecule has 1 aliphatic heterocycles. The van der Waals surface area contributed by atoms with Gasteiger partial charge in [0.05, 0.1) is 6.61 Å². The van der Waals surface area contributed by atoms with Gasteiger partial charge >= 0.3 is 0 Å². The number of carbonyl (C=O) groups is 1. The predicted molar refractivity (Wildman–Crippen MR) is 135 cm³/mol. The summed E-state index contributed by atoms with van der Waals surface area (Å²) in [5, 5.41) is 0. The number of carbonyl (C=O) groups excluding carboxylic acids is 1. The zero-order valence-electron chi connectivity index (χ0n) is 20.7. The molecule has 1 heterocycles. The van der Waals surface area contributed by atoms with Gasteiger partial charge in [-0.1, -0.05) is 55.8 Å². The summed E-state index contributed by atoms with van der Waals surface area (Å²) in [6, 6.07) is 20.1. The van der Waals surface area contributed by atoms with E-state index in [1.165, 1.54) is 24.3 Å². The molecule has 35 heavy (non-hydrogen) atoms. The van der Waals surface area contributed by atoms with Gasteiger partial charge in [-0.2, -0.15) is 0 Å². The average Bonchev–Trinajstić information content (AvgIpc) is 2.90. The Bertz CT molecular complexity index is 1000. The molecule has 0 bridgehead atoms. The Morgan fingerprint density at radius 3 is 1.77 bits per heavy atom. The average molecular weight is 481 g/mol. The zero-order chi connectivity index (χ0) is 25.2. The second kappa shape index (κ2) is 13.1. The molecule has 3 aromatic rings. The molecule has 1 aliphatic rings. The summed E-state index contributed by atoms with van der Waals surface area (Å²) in [6.45, 7) is 10.1. The van der Waals surface area contributed by atoms with Gasteiger partial charge < -0.3 is 9.64 Å². The molecular formula is C29H34F2N2O2. The van der Waals surface area contributed by atoms with Crippen molar-refractivity contribution < 1.29 is 18.3 Å². The third kappa shape index (κ3) is 7.44. The number of hydrogen-bond acceptors (Lipinski definition) is 3. The Balaban J connectivity index is 0.00000167. The maximum absolute atomic E-state index is 13.4. The fourth-order valence-corrected chi connectivity index (χ4v) is 4.01. The number of benzene rings is 3. The van der Waals surface area contributed by atoms with Crippen LogP contribution in [0.15, 0.2) is 72.8 Å². The van der Waals surface area contributed by atoms with Crippen LogP contribution in [0, 0.1) is 18.6 Å². The van der Waals surface area contributed by atoms with E-state index >= 15 is 0 Å². The lowest BCUT2D eigenvalue weighted by atomic mass is 10.0. The first-order valence-electron chi connectivity index (χ1n) is 12.2. The minimum atomic E-state index is -0.407. The first-order chi connectivity index (χ1) is 17.0. The number of nitrogens with zero attached hydrogens (tertiary/aromatic N) is 2. The third-order valence-corrected chi connectivity index (χ3v) is 6.00. The fourth-order valence-electron chi connectivity index (χ4n) is 4.01. The quantitative estimate of drug-likeness (QED) is 0.424. The second-order valence-corrected chi connectivity index (χ2v) is 8.35. The van der Waals surface area contributed by atoms with Crippen LogP contribution in [-0.2, 0) is 4.74 Å². The highest BCUT2D eigenvalue weighted by Crippen LogP contribution is 2.26. The lowest BCUT2D eigenvalue weighted by Gasteiger charge is -2.35. The van der Waals surface area contributed by atoms with Crippen LogP contribution in [0.5, 0.6) is 0 Å². The van der Waals surface area contributed by atoms with Crippen molar-refractivity contribution in [1.82, 2.24) is 9.80 Å². The number of hydrogen-bond donors (Lipinski definition) is 0. The van der Waals surface area contributed by atoms with Crippen LogP contribution >= 0.6 is 0 Å². The molecule has 3 aromatic carbocycles. The molecule has 1 fully saturated rings. The van der Waals surface area contributed by atoms with Crippen LogP contribution in [0.25, 0.3) is 0 Å². The highest BCUT2D eigenvalue weighted by atomic mass is 19.1. The Morgan fingerprint density at radius 1 is 0.800 bits per heavy atom. The topological polar surface area (TPSA) is 32.8 Å². The first kappa shape index (κ1) is 26.5. The Hall–Kier alpha value is -3.09. The summed E-state index contributed by atoms with van der Waals surface area (Å²) >= 11 is 0. The van der Waals surface area contributed by atoms with E-state index in [1.807, 2.05) is 49.9 Å². The molecular weight excluding hydrogens is 446 g/mol. The van der Waals surface area contributed by atoms with Gasteiger partial charge in [0.15, 0.2) is 0 Å². The van der Waals surface area contributed by atoms with Crippen LogP contribution in [-0.4, -0.2) is 55.0 Å². The molecule has 0 spiro atoms. The minimum Gasteiger partial charge on any atom is -0.367 e. The Labute approximate surface area is 207 Å². The van der Waals surface area contributed by atoms with E-state index in [4.69, 9.17) is 4.74 Å². The largest absolute Gasteiger partial charge is 0.367 e. The maximum atomic E-state index is 13.4. The van der Waals surface area contributed by atoms with E-state index in [1.54, 1.807) is 24.3 Å². The molecule has 0 radical (unpaired) electrons. The van der Waals surface area contributed by atoms with Crippen molar-refractivity contribution in [3.8, 4) is 0 Å². The van der Waals surface area contributed by atoms with E-state index in [9.17, 15) is 13.6 Å². The summed E-state index contributed by atoms with van der Waals surface area (Å²) in [6.07, 6.45) is -0.407. The summed E-state index contributed by atoms with van der Waals surface area (Å²) in [5.74, 6) is -0.553. The number of amides is 1. The molecule has 0 saturated carbocycles. The van der Waals surface area contributed by atoms with Crippen molar-refractivity contribution in [3.05, 3.63) is 107 Å². The molecule has 6 heteroatoms. The van der Waals surface area contributed by atoms with Gasteiger partial charge in [-0.05, 0) is 54.4 Å². The van der Waals surface area contributed by atoms with Crippen LogP contribution in [0.1, 0.15) is 47.0 Å². The molecule has 4 nitrogen and oxygen atoms in total. The normalized spacial score (nSPS) is 13.9. The second-order valence-electron chi connectivity index (χ2n) is 8.35. The van der Waals surface area contributed by atoms with E-state index in [0.29, 0.717) is 26.2 Å². The van der Waals surface area contributed by atoms with Crippen molar-refractivity contribution in [3.63, 3.8) is 0 Å². The number of rotatable bonds is 7. The molecule has 4 rings (SSSR count). The molecule has 0 aromatic heterocycles. The van der Waals surface area contributed by atoms with Crippen LogP contribution < -0.4 is 0 Å². The van der Waals surface area contributed by atoms with Crippen molar-refractivity contribution in [2.45, 2.75) is 26.9 Å². The van der Waals surface area contributed by atoms with Crippen molar-refractivity contribution >= 4 is 5.91 Å². The fraction of sp³-hybridized carbons (Fsp3) is 0.345. The monoisotopic (exact) mass is 480 g/mol. The van der Waals surface area contributed by atoms with Crippen LogP contribution in [0.4, 0.5) is 8.78 Å². The van der Waals surface area contributed by atoms with Crippen LogP contribution in [0.2, 0.25) is 0 Å². The molecule has 0 unspecified atom stereocenters. The predicted octanol–water partition coefficient (Wildman–Crippen LogP) is 5.86. The summed E-state index contributed by atoms with van der Waals surface area (Å²) in [7, 11) is 0. The van der Waals surface area contributed by atoms with Crippen molar-refractivity contribution in [2.24, 2.45) is 0 Å². The van der Waals surface area contributed by atoms with Crippen molar-refractivity contribution in [2.75, 3.05) is 39.3 Å². The van der Waals surface area contributed by atoms with Gasteiger partial charge in [0.1, 0.15) is 17.7 Å². The van der Waals surface area contributed by atoms with E-state index in [-0.39, 0.29) is 17.5 Å². The summed E-state index contributed by atoms with van der Waals surface area (Å²) in [5.41, 5.74) is 3.49. The lowest BCUT2D eigenvalue weighted by molar-refractivity contribution is 0.0408. The smallest absolute Gasteiger partial charge is 0.253 e. The molecule has 0 atom stereocenters. The Kier molecular flexibility index (Phi) is 9.94. The highest BCUT2D eigenvalue weighted by Gasteiger charge is 2.22. The summed E-state index contributed by atoms with van der Waals surface area (Å²) < 4.78 is 33.0. The molecule has 0 aliphatic carbocycles. The molecule has 0 N–H and O–H groups in total. The highest BCUT2D eigenvalue weighted by molar-refractivity contribution is 5.94. The number of halogens is 2. The van der Waals surface area contributed by atoms with Gasteiger partial charge in [0.25, 0.3) is 5.91 Å². The lowest BCUT2D eigenvalue weighted by Crippen LogP contribution is -2.49. The van der Waals surface area contributed by atoms with Gasteiger partial charge in [-0.15, -0.1) is 0 Å². The standard InChI is InChI=1S/C27H28F2N2O2.C2H6/c1-20-2-4-23(5-3-20)27(32)31-16-14-30(15-17-31)18-19-33-26(21-6-10-24(28)11-7-21)22-8-12-25(29)13-9-22;1-2/h2-13,26H,14-19H2,1H3;1-2H3. The van der Waals surface area contributed by atoms with Crippen molar-refractivity contribution in [1.29, 1.82) is 0 Å². The number of aryl methyl sites for hydroxylation is 1. The van der Waals surface area contributed by atoms with E-state index in [2.05, 4.69) is 4.90 Å².